The highest BCUT2D eigenvalue weighted by atomic mass is 16.2. The molecule has 2 aliphatic heterocycles. The minimum Gasteiger partial charge on any atom is -0.382 e. The monoisotopic (exact) mass is 263 g/mol. The van der Waals surface area contributed by atoms with Crippen molar-refractivity contribution >= 4 is 11.7 Å². The highest BCUT2D eigenvalue weighted by Gasteiger charge is 2.36. The predicted molar refractivity (Wildman–Crippen MR) is 72.4 cm³/mol. The van der Waals surface area contributed by atoms with Crippen LogP contribution in [0.15, 0.2) is 12.3 Å². The SMILES string of the molecule is Nc1ccn(CC(=O)NC2CCN3CCCCC23)n1. The maximum absolute atomic E-state index is 12.0. The van der Waals surface area contributed by atoms with Gasteiger partial charge in [-0.15, -0.1) is 0 Å². The molecule has 19 heavy (non-hydrogen) atoms. The van der Waals surface area contributed by atoms with Gasteiger partial charge in [-0.3, -0.25) is 14.4 Å². The Balaban J connectivity index is 1.54. The number of nitrogen functional groups attached to an aromatic ring is 1. The van der Waals surface area contributed by atoms with E-state index < -0.39 is 0 Å². The summed E-state index contributed by atoms with van der Waals surface area (Å²) in [6.45, 7) is 2.55. The number of carbonyl (C=O) groups is 1. The van der Waals surface area contributed by atoms with E-state index in [1.165, 1.54) is 25.8 Å². The van der Waals surface area contributed by atoms with Gasteiger partial charge in [0.25, 0.3) is 0 Å². The van der Waals surface area contributed by atoms with Crippen molar-refractivity contribution in [1.29, 1.82) is 0 Å². The molecule has 104 valence electrons. The van der Waals surface area contributed by atoms with Gasteiger partial charge in [-0.25, -0.2) is 0 Å². The summed E-state index contributed by atoms with van der Waals surface area (Å²) in [5.41, 5.74) is 5.54. The average molecular weight is 263 g/mol. The summed E-state index contributed by atoms with van der Waals surface area (Å²) in [5.74, 6) is 0.479. The van der Waals surface area contributed by atoms with Gasteiger partial charge < -0.3 is 11.1 Å². The molecule has 0 saturated carbocycles. The Bertz CT molecular complexity index is 458. The molecule has 2 fully saturated rings. The Labute approximate surface area is 112 Å². The summed E-state index contributed by atoms with van der Waals surface area (Å²) >= 11 is 0. The zero-order valence-corrected chi connectivity index (χ0v) is 11.1. The number of aromatic nitrogens is 2. The lowest BCUT2D eigenvalue weighted by atomic mass is 9.99. The van der Waals surface area contributed by atoms with Crippen molar-refractivity contribution in [2.24, 2.45) is 0 Å². The minimum absolute atomic E-state index is 0.0283. The zero-order chi connectivity index (χ0) is 13.2. The summed E-state index contributed by atoms with van der Waals surface area (Å²) < 4.78 is 1.58. The van der Waals surface area contributed by atoms with E-state index in [4.69, 9.17) is 5.73 Å². The molecular weight excluding hydrogens is 242 g/mol. The van der Waals surface area contributed by atoms with Crippen molar-refractivity contribution in [3.63, 3.8) is 0 Å². The summed E-state index contributed by atoms with van der Waals surface area (Å²) in [5, 5.41) is 7.18. The van der Waals surface area contributed by atoms with Gasteiger partial charge in [0, 0.05) is 24.8 Å². The molecule has 0 spiro atoms. The Hall–Kier alpha value is -1.56. The van der Waals surface area contributed by atoms with Crippen LogP contribution in [0.2, 0.25) is 0 Å². The molecule has 2 saturated heterocycles. The van der Waals surface area contributed by atoms with Gasteiger partial charge in [0.1, 0.15) is 12.4 Å². The smallest absolute Gasteiger partial charge is 0.242 e. The number of nitrogens with zero attached hydrogens (tertiary/aromatic N) is 3. The summed E-state index contributed by atoms with van der Waals surface area (Å²) in [6, 6.07) is 2.55. The Morgan fingerprint density at radius 3 is 3.11 bits per heavy atom. The van der Waals surface area contributed by atoms with Crippen molar-refractivity contribution < 1.29 is 4.79 Å². The summed E-state index contributed by atoms with van der Waals surface area (Å²) in [7, 11) is 0. The molecule has 2 unspecified atom stereocenters. The molecule has 0 bridgehead atoms. The van der Waals surface area contributed by atoms with Crippen LogP contribution in [-0.2, 0) is 11.3 Å². The number of hydrogen-bond acceptors (Lipinski definition) is 4. The molecule has 2 atom stereocenters. The molecule has 0 aromatic carbocycles. The third-order valence-electron chi connectivity index (χ3n) is 4.17. The van der Waals surface area contributed by atoms with E-state index in [9.17, 15) is 4.79 Å². The standard InChI is InChI=1S/C13H21N5O/c14-12-5-8-18(16-12)9-13(19)15-10-4-7-17-6-2-1-3-11(10)17/h5,8,10-11H,1-4,6-7,9H2,(H2,14,16)(H,15,19). The molecule has 3 N–H and O–H groups in total. The second-order valence-electron chi connectivity index (χ2n) is 5.50. The van der Waals surface area contributed by atoms with Gasteiger partial charge >= 0.3 is 0 Å². The molecule has 0 aliphatic carbocycles. The van der Waals surface area contributed by atoms with Gasteiger partial charge in [-0.1, -0.05) is 6.42 Å². The molecule has 2 aliphatic rings. The van der Waals surface area contributed by atoms with Crippen LogP contribution >= 0.6 is 0 Å². The number of anilines is 1. The van der Waals surface area contributed by atoms with E-state index in [0.29, 0.717) is 17.9 Å². The maximum atomic E-state index is 12.0. The molecule has 1 aromatic heterocycles. The molecule has 1 aromatic rings. The quantitative estimate of drug-likeness (QED) is 0.817. The second kappa shape index (κ2) is 5.21. The Morgan fingerprint density at radius 2 is 2.32 bits per heavy atom. The van der Waals surface area contributed by atoms with Crippen LogP contribution in [0.4, 0.5) is 5.82 Å². The number of hydrogen-bond donors (Lipinski definition) is 2. The average Bonchev–Trinajstić information content (AvgIpc) is 2.97. The molecular formula is C13H21N5O. The first-order valence-corrected chi connectivity index (χ1v) is 7.05. The molecule has 6 heteroatoms. The van der Waals surface area contributed by atoms with E-state index >= 15 is 0 Å². The van der Waals surface area contributed by atoms with Crippen LogP contribution in [0.3, 0.4) is 0 Å². The van der Waals surface area contributed by atoms with Gasteiger partial charge in [-0.05, 0) is 31.9 Å². The van der Waals surface area contributed by atoms with Gasteiger partial charge in [-0.2, -0.15) is 5.10 Å². The first-order valence-electron chi connectivity index (χ1n) is 7.05. The van der Waals surface area contributed by atoms with Crippen LogP contribution in [0.1, 0.15) is 25.7 Å². The molecule has 3 rings (SSSR count). The molecule has 0 radical (unpaired) electrons. The number of nitrogens with one attached hydrogen (secondary N) is 1. The Kier molecular flexibility index (Phi) is 3.42. The summed E-state index contributed by atoms with van der Waals surface area (Å²) in [4.78, 5) is 14.5. The number of carbonyl (C=O) groups excluding carboxylic acids is 1. The second-order valence-corrected chi connectivity index (χ2v) is 5.50. The van der Waals surface area contributed by atoms with Gasteiger partial charge in [0.2, 0.25) is 5.91 Å². The van der Waals surface area contributed by atoms with Crippen molar-refractivity contribution in [2.75, 3.05) is 18.8 Å². The van der Waals surface area contributed by atoms with Crippen molar-refractivity contribution in [1.82, 2.24) is 20.0 Å². The fraction of sp³-hybridized carbons (Fsp3) is 0.692. The number of nitrogens with two attached hydrogens (primary N) is 1. The highest BCUT2D eigenvalue weighted by Crippen LogP contribution is 2.27. The van der Waals surface area contributed by atoms with E-state index in [2.05, 4.69) is 15.3 Å². The lowest BCUT2D eigenvalue weighted by Gasteiger charge is -2.32. The molecule has 3 heterocycles. The minimum atomic E-state index is 0.0283. The first kappa shape index (κ1) is 12.5. The number of piperidine rings is 1. The first-order chi connectivity index (χ1) is 9.22. The third-order valence-corrected chi connectivity index (χ3v) is 4.17. The van der Waals surface area contributed by atoms with E-state index in [0.717, 1.165) is 13.0 Å². The van der Waals surface area contributed by atoms with Crippen LogP contribution in [0.5, 0.6) is 0 Å². The maximum Gasteiger partial charge on any atom is 0.242 e. The fourth-order valence-electron chi connectivity index (χ4n) is 3.28. The van der Waals surface area contributed by atoms with Gasteiger partial charge in [0.05, 0.1) is 0 Å². The lowest BCUT2D eigenvalue weighted by Crippen LogP contribution is -2.47. The normalized spacial score (nSPS) is 27.2. The van der Waals surface area contributed by atoms with Crippen LogP contribution in [0, 0.1) is 0 Å². The Morgan fingerprint density at radius 1 is 1.42 bits per heavy atom. The van der Waals surface area contributed by atoms with E-state index in [1.807, 2.05) is 0 Å². The van der Waals surface area contributed by atoms with Crippen molar-refractivity contribution in [3.8, 4) is 0 Å². The van der Waals surface area contributed by atoms with Crippen LogP contribution in [-0.4, -0.2) is 45.8 Å². The number of fused-ring (bicyclic) bond motifs is 1. The lowest BCUT2D eigenvalue weighted by molar-refractivity contribution is -0.122. The highest BCUT2D eigenvalue weighted by molar-refractivity contribution is 5.76. The van der Waals surface area contributed by atoms with E-state index in [-0.39, 0.29) is 12.5 Å². The predicted octanol–water partition coefficient (Wildman–Crippen LogP) is 0.208. The van der Waals surface area contributed by atoms with E-state index in [1.54, 1.807) is 16.9 Å². The fourth-order valence-corrected chi connectivity index (χ4v) is 3.28. The molecule has 1 amide bonds. The van der Waals surface area contributed by atoms with Crippen molar-refractivity contribution in [3.05, 3.63) is 12.3 Å². The van der Waals surface area contributed by atoms with Crippen LogP contribution < -0.4 is 11.1 Å². The van der Waals surface area contributed by atoms with Crippen molar-refractivity contribution in [2.45, 2.75) is 44.3 Å². The number of amides is 1. The third kappa shape index (κ3) is 2.73. The molecule has 6 nitrogen and oxygen atoms in total. The topological polar surface area (TPSA) is 76.2 Å². The number of rotatable bonds is 3. The van der Waals surface area contributed by atoms with Gasteiger partial charge in [0.15, 0.2) is 0 Å². The zero-order valence-electron chi connectivity index (χ0n) is 11.1. The largest absolute Gasteiger partial charge is 0.382 e. The van der Waals surface area contributed by atoms with Crippen LogP contribution in [0.25, 0.3) is 0 Å². The summed E-state index contributed by atoms with van der Waals surface area (Å²) in [6.07, 6.45) is 6.58.